The van der Waals surface area contributed by atoms with Crippen LogP contribution in [-0.4, -0.2) is 48.9 Å². The molecule has 3 atom stereocenters. The Hall–Kier alpha value is -0.840. The lowest BCUT2D eigenvalue weighted by Crippen LogP contribution is -2.44. The largest absolute Gasteiger partial charge is 0.444 e. The summed E-state index contributed by atoms with van der Waals surface area (Å²) in [7, 11) is 0. The summed E-state index contributed by atoms with van der Waals surface area (Å²) < 4.78 is 19.0. The summed E-state index contributed by atoms with van der Waals surface area (Å²) >= 11 is 0. The van der Waals surface area contributed by atoms with E-state index in [0.717, 1.165) is 6.54 Å². The van der Waals surface area contributed by atoms with Crippen LogP contribution in [0.1, 0.15) is 20.8 Å². The molecule has 0 spiro atoms. The molecule has 1 amide bonds. The molecular formula is C12H21FN2O2. The standard InChI is InChI=1S/C12H21FN2O2/c1-12(2,3)17-11(16)15-6-8-4-14-5-10(13)9(8)7-15/h8-10,14H,4-7H2,1-3H3. The molecule has 0 saturated carbocycles. The van der Waals surface area contributed by atoms with Gasteiger partial charge in [-0.25, -0.2) is 9.18 Å². The lowest BCUT2D eigenvalue weighted by molar-refractivity contribution is 0.0281. The van der Waals surface area contributed by atoms with E-state index in [9.17, 15) is 9.18 Å². The molecule has 0 bridgehead atoms. The van der Waals surface area contributed by atoms with Crippen LogP contribution in [-0.2, 0) is 4.74 Å². The predicted molar refractivity (Wildman–Crippen MR) is 62.6 cm³/mol. The molecule has 98 valence electrons. The van der Waals surface area contributed by atoms with Gasteiger partial charge in [-0.3, -0.25) is 0 Å². The highest BCUT2D eigenvalue weighted by Gasteiger charge is 2.43. The number of carbonyl (C=O) groups is 1. The summed E-state index contributed by atoms with van der Waals surface area (Å²) in [5.41, 5.74) is -0.488. The highest BCUT2D eigenvalue weighted by atomic mass is 19.1. The van der Waals surface area contributed by atoms with Gasteiger partial charge in [-0.2, -0.15) is 0 Å². The molecule has 1 N–H and O–H groups in total. The van der Waals surface area contributed by atoms with Crippen LogP contribution >= 0.6 is 0 Å². The number of ether oxygens (including phenoxy) is 1. The molecule has 4 nitrogen and oxygen atoms in total. The zero-order valence-corrected chi connectivity index (χ0v) is 10.7. The summed E-state index contributed by atoms with van der Waals surface area (Å²) in [5, 5.41) is 3.06. The molecule has 0 aromatic heterocycles. The quantitative estimate of drug-likeness (QED) is 0.700. The molecule has 2 fully saturated rings. The van der Waals surface area contributed by atoms with Crippen molar-refractivity contribution in [3.63, 3.8) is 0 Å². The second-order valence-corrected chi connectivity index (χ2v) is 5.98. The van der Waals surface area contributed by atoms with Gasteiger partial charge in [0.15, 0.2) is 0 Å². The van der Waals surface area contributed by atoms with Crippen molar-refractivity contribution < 1.29 is 13.9 Å². The fourth-order valence-electron chi connectivity index (χ4n) is 2.56. The maximum Gasteiger partial charge on any atom is 0.410 e. The number of carbonyl (C=O) groups excluding carboxylic acids is 1. The lowest BCUT2D eigenvalue weighted by Gasteiger charge is -2.27. The number of halogens is 1. The van der Waals surface area contributed by atoms with Crippen LogP contribution in [0.4, 0.5) is 9.18 Å². The van der Waals surface area contributed by atoms with Crippen LogP contribution in [0.25, 0.3) is 0 Å². The van der Waals surface area contributed by atoms with Crippen molar-refractivity contribution in [2.75, 3.05) is 26.2 Å². The maximum absolute atomic E-state index is 13.7. The van der Waals surface area contributed by atoms with E-state index in [0.29, 0.717) is 19.6 Å². The van der Waals surface area contributed by atoms with Gasteiger partial charge in [0.05, 0.1) is 0 Å². The lowest BCUT2D eigenvalue weighted by atomic mass is 9.88. The second kappa shape index (κ2) is 4.44. The molecule has 0 aliphatic carbocycles. The molecule has 5 heteroatoms. The van der Waals surface area contributed by atoms with E-state index in [2.05, 4.69) is 5.32 Å². The minimum atomic E-state index is -0.846. The molecule has 2 rings (SSSR count). The average molecular weight is 244 g/mol. The number of piperidine rings is 1. The number of rotatable bonds is 0. The van der Waals surface area contributed by atoms with Crippen molar-refractivity contribution in [3.05, 3.63) is 0 Å². The van der Waals surface area contributed by atoms with Crippen LogP contribution in [0.15, 0.2) is 0 Å². The van der Waals surface area contributed by atoms with Gasteiger partial charge in [0.1, 0.15) is 11.8 Å². The second-order valence-electron chi connectivity index (χ2n) is 5.98. The fourth-order valence-corrected chi connectivity index (χ4v) is 2.56. The third-order valence-corrected chi connectivity index (χ3v) is 3.35. The van der Waals surface area contributed by atoms with Crippen LogP contribution < -0.4 is 5.32 Å². The van der Waals surface area contributed by atoms with E-state index in [-0.39, 0.29) is 17.9 Å². The number of alkyl halides is 1. The Morgan fingerprint density at radius 2 is 2.06 bits per heavy atom. The molecule has 0 aromatic rings. The Bertz CT molecular complexity index is 303. The van der Waals surface area contributed by atoms with Crippen LogP contribution in [0.3, 0.4) is 0 Å². The minimum absolute atomic E-state index is 0.0243. The van der Waals surface area contributed by atoms with Gasteiger partial charge in [-0.15, -0.1) is 0 Å². The molecule has 2 saturated heterocycles. The summed E-state index contributed by atoms with van der Waals surface area (Å²) in [4.78, 5) is 13.5. The molecule has 17 heavy (non-hydrogen) atoms. The number of fused-ring (bicyclic) bond motifs is 1. The fraction of sp³-hybridized carbons (Fsp3) is 0.917. The minimum Gasteiger partial charge on any atom is -0.444 e. The Morgan fingerprint density at radius 3 is 2.65 bits per heavy atom. The predicted octanol–water partition coefficient (Wildman–Crippen LogP) is 1.41. The van der Waals surface area contributed by atoms with E-state index < -0.39 is 11.8 Å². The smallest absolute Gasteiger partial charge is 0.410 e. The summed E-state index contributed by atoms with van der Waals surface area (Å²) in [5.74, 6) is 0.204. The molecule has 0 aromatic carbocycles. The van der Waals surface area contributed by atoms with Gasteiger partial charge in [0, 0.05) is 32.1 Å². The zero-order chi connectivity index (χ0) is 12.6. The van der Waals surface area contributed by atoms with Gasteiger partial charge >= 0.3 is 6.09 Å². The highest BCUT2D eigenvalue weighted by molar-refractivity contribution is 5.68. The first-order valence-electron chi connectivity index (χ1n) is 6.19. The van der Waals surface area contributed by atoms with Crippen molar-refractivity contribution in [1.29, 1.82) is 0 Å². The first kappa shape index (κ1) is 12.6. The number of amides is 1. The van der Waals surface area contributed by atoms with E-state index in [4.69, 9.17) is 4.74 Å². The van der Waals surface area contributed by atoms with Crippen molar-refractivity contribution in [2.45, 2.75) is 32.5 Å². The summed E-state index contributed by atoms with van der Waals surface area (Å²) in [6, 6.07) is 0. The van der Waals surface area contributed by atoms with Gasteiger partial charge in [0.25, 0.3) is 0 Å². The van der Waals surface area contributed by atoms with Crippen LogP contribution in [0.5, 0.6) is 0 Å². The Kier molecular flexibility index (Phi) is 3.30. The highest BCUT2D eigenvalue weighted by Crippen LogP contribution is 2.30. The monoisotopic (exact) mass is 244 g/mol. The van der Waals surface area contributed by atoms with E-state index in [1.165, 1.54) is 0 Å². The Labute approximate surface area is 101 Å². The van der Waals surface area contributed by atoms with Crippen molar-refractivity contribution in [1.82, 2.24) is 10.2 Å². The molecule has 3 unspecified atom stereocenters. The summed E-state index contributed by atoms with van der Waals surface area (Å²) in [6.07, 6.45) is -1.17. The molecule has 2 aliphatic heterocycles. The topological polar surface area (TPSA) is 41.6 Å². The zero-order valence-electron chi connectivity index (χ0n) is 10.7. The third kappa shape index (κ3) is 2.89. The molecule has 2 heterocycles. The molecule has 0 radical (unpaired) electrons. The normalized spacial score (nSPS) is 33.4. The van der Waals surface area contributed by atoms with Gasteiger partial charge < -0.3 is 15.0 Å². The first-order valence-corrected chi connectivity index (χ1v) is 6.19. The average Bonchev–Trinajstić information content (AvgIpc) is 2.60. The molecule has 2 aliphatic rings. The van der Waals surface area contributed by atoms with Crippen molar-refractivity contribution in [3.8, 4) is 0 Å². The maximum atomic E-state index is 13.7. The van der Waals surface area contributed by atoms with E-state index >= 15 is 0 Å². The SMILES string of the molecule is CC(C)(C)OC(=O)N1CC2CNCC(F)C2C1. The van der Waals surface area contributed by atoms with Gasteiger partial charge in [0.2, 0.25) is 0 Å². The first-order chi connectivity index (χ1) is 7.87. The van der Waals surface area contributed by atoms with E-state index in [1.54, 1.807) is 4.90 Å². The van der Waals surface area contributed by atoms with Crippen molar-refractivity contribution >= 4 is 6.09 Å². The van der Waals surface area contributed by atoms with Gasteiger partial charge in [-0.05, 0) is 26.7 Å². The summed E-state index contributed by atoms with van der Waals surface area (Å²) in [6.45, 7) is 7.82. The van der Waals surface area contributed by atoms with Crippen molar-refractivity contribution in [2.24, 2.45) is 11.8 Å². The Morgan fingerprint density at radius 1 is 1.35 bits per heavy atom. The third-order valence-electron chi connectivity index (χ3n) is 3.35. The Balaban J connectivity index is 1.95. The molecular weight excluding hydrogens is 223 g/mol. The number of nitrogens with one attached hydrogen (secondary N) is 1. The number of hydrogen-bond acceptors (Lipinski definition) is 3. The number of likely N-dealkylation sites (tertiary alicyclic amines) is 1. The van der Waals surface area contributed by atoms with E-state index in [1.807, 2.05) is 20.8 Å². The van der Waals surface area contributed by atoms with Crippen LogP contribution in [0, 0.1) is 11.8 Å². The number of hydrogen-bond donors (Lipinski definition) is 1. The van der Waals surface area contributed by atoms with Gasteiger partial charge in [-0.1, -0.05) is 0 Å². The van der Waals surface area contributed by atoms with Crippen LogP contribution in [0.2, 0.25) is 0 Å². The number of nitrogens with zero attached hydrogens (tertiary/aromatic N) is 1.